The molecule has 0 radical (unpaired) electrons. The molecule has 5 nitrogen and oxygen atoms in total. The van der Waals surface area contributed by atoms with Gasteiger partial charge in [-0.1, -0.05) is 48.0 Å². The van der Waals surface area contributed by atoms with Crippen LogP contribution in [0.25, 0.3) is 16.9 Å². The predicted octanol–water partition coefficient (Wildman–Crippen LogP) is 5.46. The zero-order chi connectivity index (χ0) is 22.8. The van der Waals surface area contributed by atoms with Crippen LogP contribution in [0.5, 0.6) is 0 Å². The van der Waals surface area contributed by atoms with E-state index in [2.05, 4.69) is 34.3 Å². The molecule has 1 aliphatic heterocycles. The van der Waals surface area contributed by atoms with E-state index in [0.717, 1.165) is 46.4 Å². The number of hydrogen-bond acceptors (Lipinski definition) is 3. The third-order valence-electron chi connectivity index (χ3n) is 6.00. The maximum atomic E-state index is 13.1. The molecule has 0 bridgehead atoms. The summed E-state index contributed by atoms with van der Waals surface area (Å²) in [5.41, 5.74) is 5.82. The highest BCUT2D eigenvalue weighted by Gasteiger charge is 2.22. The fourth-order valence-electron chi connectivity index (χ4n) is 4.28. The molecular formula is C27H25ClN4O. The normalized spacial score (nSPS) is 13.9. The van der Waals surface area contributed by atoms with Crippen LogP contribution in [0.2, 0.25) is 5.02 Å². The standard InChI is InChI=1S/C27H25ClN4O/c1-20-18-26(21-6-3-2-4-7-21)32(29-20)24-12-10-22(11-13-24)27(33)31-16-14-30(15-17-31)25-9-5-8-23(28)19-25/h2-13,18-19H,14-17H2,1H3. The maximum absolute atomic E-state index is 13.1. The molecule has 5 rings (SSSR count). The highest BCUT2D eigenvalue weighted by Crippen LogP contribution is 2.25. The largest absolute Gasteiger partial charge is 0.368 e. The first kappa shape index (κ1) is 21.3. The van der Waals surface area contributed by atoms with Crippen molar-refractivity contribution in [3.8, 4) is 16.9 Å². The zero-order valence-electron chi connectivity index (χ0n) is 18.5. The lowest BCUT2D eigenvalue weighted by atomic mass is 10.1. The molecule has 4 aromatic rings. The average molecular weight is 457 g/mol. The summed E-state index contributed by atoms with van der Waals surface area (Å²) in [5.74, 6) is 0.0622. The van der Waals surface area contributed by atoms with Gasteiger partial charge in [0.25, 0.3) is 5.91 Å². The molecule has 0 unspecified atom stereocenters. The number of anilines is 1. The van der Waals surface area contributed by atoms with Gasteiger partial charge in [-0.15, -0.1) is 0 Å². The highest BCUT2D eigenvalue weighted by molar-refractivity contribution is 6.30. The Morgan fingerprint density at radius 3 is 2.24 bits per heavy atom. The Labute approximate surface area is 198 Å². The maximum Gasteiger partial charge on any atom is 0.253 e. The molecule has 1 amide bonds. The summed E-state index contributed by atoms with van der Waals surface area (Å²) in [5, 5.41) is 5.40. The van der Waals surface area contributed by atoms with Crippen LogP contribution in [0, 0.1) is 6.92 Å². The van der Waals surface area contributed by atoms with Crippen molar-refractivity contribution in [1.82, 2.24) is 14.7 Å². The third kappa shape index (κ3) is 4.50. The summed E-state index contributed by atoms with van der Waals surface area (Å²) in [6.07, 6.45) is 0. The van der Waals surface area contributed by atoms with Crippen molar-refractivity contribution in [2.24, 2.45) is 0 Å². The van der Waals surface area contributed by atoms with Crippen LogP contribution in [0.3, 0.4) is 0 Å². The third-order valence-corrected chi connectivity index (χ3v) is 6.24. The Hall–Kier alpha value is -3.57. The van der Waals surface area contributed by atoms with Gasteiger partial charge < -0.3 is 9.80 Å². The van der Waals surface area contributed by atoms with Crippen molar-refractivity contribution >= 4 is 23.2 Å². The Kier molecular flexibility index (Phi) is 5.88. The minimum Gasteiger partial charge on any atom is -0.368 e. The smallest absolute Gasteiger partial charge is 0.253 e. The van der Waals surface area contributed by atoms with E-state index in [-0.39, 0.29) is 5.91 Å². The van der Waals surface area contributed by atoms with Gasteiger partial charge >= 0.3 is 0 Å². The minimum absolute atomic E-state index is 0.0622. The summed E-state index contributed by atoms with van der Waals surface area (Å²) >= 11 is 6.13. The van der Waals surface area contributed by atoms with Gasteiger partial charge in [0.1, 0.15) is 0 Å². The van der Waals surface area contributed by atoms with Gasteiger partial charge in [-0.25, -0.2) is 4.68 Å². The van der Waals surface area contributed by atoms with E-state index in [1.807, 2.05) is 77.2 Å². The van der Waals surface area contributed by atoms with E-state index in [1.54, 1.807) is 0 Å². The molecule has 0 N–H and O–H groups in total. The van der Waals surface area contributed by atoms with Crippen molar-refractivity contribution < 1.29 is 4.79 Å². The lowest BCUT2D eigenvalue weighted by molar-refractivity contribution is 0.0747. The topological polar surface area (TPSA) is 41.4 Å². The Bertz CT molecular complexity index is 1260. The fourth-order valence-corrected chi connectivity index (χ4v) is 4.46. The summed E-state index contributed by atoms with van der Waals surface area (Å²) in [6.45, 7) is 4.94. The van der Waals surface area contributed by atoms with E-state index in [1.165, 1.54) is 0 Å². The number of carbonyl (C=O) groups is 1. The number of rotatable bonds is 4. The number of aryl methyl sites for hydroxylation is 1. The minimum atomic E-state index is 0.0622. The van der Waals surface area contributed by atoms with Crippen molar-refractivity contribution in [2.75, 3.05) is 31.1 Å². The summed E-state index contributed by atoms with van der Waals surface area (Å²) in [4.78, 5) is 17.3. The van der Waals surface area contributed by atoms with Crippen molar-refractivity contribution in [3.63, 3.8) is 0 Å². The average Bonchev–Trinajstić information content (AvgIpc) is 3.26. The lowest BCUT2D eigenvalue weighted by Gasteiger charge is -2.36. The lowest BCUT2D eigenvalue weighted by Crippen LogP contribution is -2.48. The first-order valence-corrected chi connectivity index (χ1v) is 11.5. The molecule has 33 heavy (non-hydrogen) atoms. The van der Waals surface area contributed by atoms with Gasteiger partial charge in [-0.05, 0) is 55.5 Å². The molecule has 1 saturated heterocycles. The van der Waals surface area contributed by atoms with Gasteiger partial charge in [0.05, 0.1) is 17.1 Å². The van der Waals surface area contributed by atoms with Crippen LogP contribution in [0.15, 0.2) is 84.9 Å². The molecule has 3 aromatic carbocycles. The fraction of sp³-hybridized carbons (Fsp3) is 0.185. The number of piperazine rings is 1. The van der Waals surface area contributed by atoms with Crippen LogP contribution in [-0.2, 0) is 0 Å². The van der Waals surface area contributed by atoms with Gasteiger partial charge in [-0.3, -0.25) is 4.79 Å². The quantitative estimate of drug-likeness (QED) is 0.409. The second-order valence-electron chi connectivity index (χ2n) is 8.25. The molecule has 0 aliphatic carbocycles. The number of carbonyl (C=O) groups excluding carboxylic acids is 1. The Morgan fingerprint density at radius 1 is 0.818 bits per heavy atom. The molecule has 166 valence electrons. The molecular weight excluding hydrogens is 432 g/mol. The highest BCUT2D eigenvalue weighted by atomic mass is 35.5. The summed E-state index contributed by atoms with van der Waals surface area (Å²) in [7, 11) is 0. The number of hydrogen-bond donors (Lipinski definition) is 0. The van der Waals surface area contributed by atoms with Crippen LogP contribution < -0.4 is 4.90 Å². The summed E-state index contributed by atoms with van der Waals surface area (Å²) < 4.78 is 1.93. The first-order valence-electron chi connectivity index (χ1n) is 11.1. The molecule has 1 aromatic heterocycles. The molecule has 6 heteroatoms. The second-order valence-corrected chi connectivity index (χ2v) is 8.69. The molecule has 2 heterocycles. The second kappa shape index (κ2) is 9.12. The van der Waals surface area contributed by atoms with Crippen molar-refractivity contribution in [3.05, 3.63) is 101 Å². The molecule has 1 fully saturated rings. The van der Waals surface area contributed by atoms with E-state index in [9.17, 15) is 4.79 Å². The number of benzene rings is 3. The Morgan fingerprint density at radius 2 is 1.55 bits per heavy atom. The SMILES string of the molecule is Cc1cc(-c2ccccc2)n(-c2ccc(C(=O)N3CCN(c4cccc(Cl)c4)CC3)cc2)n1. The molecule has 1 aliphatic rings. The van der Waals surface area contributed by atoms with Crippen molar-refractivity contribution in [2.45, 2.75) is 6.92 Å². The number of aromatic nitrogens is 2. The molecule has 0 spiro atoms. The summed E-state index contributed by atoms with van der Waals surface area (Å²) in [6, 6.07) is 27.9. The van der Waals surface area contributed by atoms with E-state index < -0.39 is 0 Å². The number of amides is 1. The van der Waals surface area contributed by atoms with Crippen LogP contribution >= 0.6 is 11.6 Å². The van der Waals surface area contributed by atoms with Crippen LogP contribution in [-0.4, -0.2) is 46.8 Å². The molecule has 0 atom stereocenters. The van der Waals surface area contributed by atoms with Crippen LogP contribution in [0.1, 0.15) is 16.1 Å². The van der Waals surface area contributed by atoms with Crippen molar-refractivity contribution in [1.29, 1.82) is 0 Å². The van der Waals surface area contributed by atoms with E-state index in [4.69, 9.17) is 11.6 Å². The van der Waals surface area contributed by atoms with E-state index in [0.29, 0.717) is 18.7 Å². The van der Waals surface area contributed by atoms with Gasteiger partial charge in [-0.2, -0.15) is 5.10 Å². The van der Waals surface area contributed by atoms with E-state index >= 15 is 0 Å². The number of halogens is 1. The number of nitrogens with zero attached hydrogens (tertiary/aromatic N) is 4. The Balaban J connectivity index is 1.29. The molecule has 0 saturated carbocycles. The first-order chi connectivity index (χ1) is 16.1. The van der Waals surface area contributed by atoms with Gasteiger partial charge in [0.2, 0.25) is 0 Å². The zero-order valence-corrected chi connectivity index (χ0v) is 19.2. The van der Waals surface area contributed by atoms with Gasteiger partial charge in [0, 0.05) is 48.0 Å². The van der Waals surface area contributed by atoms with Crippen LogP contribution in [0.4, 0.5) is 5.69 Å². The van der Waals surface area contributed by atoms with Gasteiger partial charge in [0.15, 0.2) is 0 Å². The predicted molar refractivity (Wildman–Crippen MR) is 133 cm³/mol. The monoisotopic (exact) mass is 456 g/mol.